The third kappa shape index (κ3) is 2.03. The molecule has 0 aliphatic heterocycles. The molecule has 0 fully saturated rings. The number of benzene rings is 1. The highest BCUT2D eigenvalue weighted by Gasteiger charge is 2.02. The van der Waals surface area contributed by atoms with E-state index in [2.05, 4.69) is 6.92 Å². The molecular weight excluding hydrogens is 267 g/mol. The molecule has 0 aromatic heterocycles. The van der Waals surface area contributed by atoms with E-state index < -0.39 is 0 Å². The largest absolute Gasteiger partial charge is 0.496 e. The van der Waals surface area contributed by atoms with Crippen LogP contribution in [0.5, 0.6) is 11.5 Å². The van der Waals surface area contributed by atoms with Gasteiger partial charge in [0.1, 0.15) is 11.5 Å². The van der Waals surface area contributed by atoms with Gasteiger partial charge in [0.15, 0.2) is 23.0 Å². The molecular formula is C9H11IO2. The third-order valence-electron chi connectivity index (χ3n) is 1.73. The van der Waals surface area contributed by atoms with Gasteiger partial charge in [0, 0.05) is 6.07 Å². The van der Waals surface area contributed by atoms with Crippen LogP contribution >= 0.6 is 23.0 Å². The average Bonchev–Trinajstić information content (AvgIpc) is 2.16. The Morgan fingerprint density at radius 1 is 1.42 bits per heavy atom. The molecule has 0 saturated heterocycles. The number of halogens is 1. The predicted octanol–water partition coefficient (Wildman–Crippen LogP) is 2.99. The highest BCUT2D eigenvalue weighted by atomic mass is 127. The van der Waals surface area contributed by atoms with E-state index in [1.165, 1.54) is 5.56 Å². The standard InChI is InChI=1S/C9H11IO2/c1-3-7-4-5-8(12-10)6-9(7)11-2/h4-6H,3H2,1-2H3. The molecule has 0 saturated carbocycles. The van der Waals surface area contributed by atoms with Gasteiger partial charge in [-0.05, 0) is 18.1 Å². The molecule has 1 aromatic carbocycles. The first kappa shape index (κ1) is 9.64. The highest BCUT2D eigenvalue weighted by molar-refractivity contribution is 14.1. The van der Waals surface area contributed by atoms with Gasteiger partial charge in [0.2, 0.25) is 0 Å². The molecule has 0 atom stereocenters. The highest BCUT2D eigenvalue weighted by Crippen LogP contribution is 2.25. The van der Waals surface area contributed by atoms with E-state index in [0.29, 0.717) is 0 Å². The van der Waals surface area contributed by atoms with Crippen LogP contribution in [-0.4, -0.2) is 7.11 Å². The van der Waals surface area contributed by atoms with Crippen molar-refractivity contribution in [2.75, 3.05) is 7.11 Å². The summed E-state index contributed by atoms with van der Waals surface area (Å²) in [7, 11) is 1.67. The molecule has 0 heterocycles. The minimum Gasteiger partial charge on any atom is -0.496 e. The number of hydrogen-bond acceptors (Lipinski definition) is 2. The molecule has 0 N–H and O–H groups in total. The Morgan fingerprint density at radius 2 is 2.17 bits per heavy atom. The molecule has 0 radical (unpaired) electrons. The van der Waals surface area contributed by atoms with Gasteiger partial charge in [-0.15, -0.1) is 0 Å². The van der Waals surface area contributed by atoms with Crippen LogP contribution in [0.3, 0.4) is 0 Å². The average molecular weight is 278 g/mol. The zero-order valence-electron chi connectivity index (χ0n) is 7.13. The van der Waals surface area contributed by atoms with Crippen LogP contribution in [0.1, 0.15) is 12.5 Å². The fraction of sp³-hybridized carbons (Fsp3) is 0.333. The zero-order valence-corrected chi connectivity index (χ0v) is 9.29. The van der Waals surface area contributed by atoms with Gasteiger partial charge in [-0.1, -0.05) is 13.0 Å². The molecule has 0 unspecified atom stereocenters. The Balaban J connectivity index is 3.02. The molecule has 2 nitrogen and oxygen atoms in total. The van der Waals surface area contributed by atoms with Crippen molar-refractivity contribution in [1.29, 1.82) is 0 Å². The van der Waals surface area contributed by atoms with Crippen LogP contribution in [0, 0.1) is 0 Å². The van der Waals surface area contributed by atoms with Gasteiger partial charge in [-0.2, -0.15) is 0 Å². The summed E-state index contributed by atoms with van der Waals surface area (Å²) < 4.78 is 10.2. The van der Waals surface area contributed by atoms with Crippen LogP contribution in [-0.2, 0) is 6.42 Å². The van der Waals surface area contributed by atoms with E-state index in [9.17, 15) is 0 Å². The van der Waals surface area contributed by atoms with Crippen molar-refractivity contribution in [1.82, 2.24) is 0 Å². The molecule has 3 heteroatoms. The Kier molecular flexibility index (Phi) is 3.65. The van der Waals surface area contributed by atoms with E-state index in [4.69, 9.17) is 7.80 Å². The molecule has 0 aliphatic rings. The number of rotatable bonds is 3. The maximum absolute atomic E-state index is 5.20. The maximum atomic E-state index is 5.20. The van der Waals surface area contributed by atoms with Crippen LogP contribution in [0.2, 0.25) is 0 Å². The Bertz CT molecular complexity index is 261. The van der Waals surface area contributed by atoms with E-state index in [1.807, 2.05) is 41.2 Å². The third-order valence-corrected chi connectivity index (χ3v) is 2.24. The van der Waals surface area contributed by atoms with E-state index in [0.717, 1.165) is 17.9 Å². The number of aryl methyl sites for hydroxylation is 1. The fourth-order valence-corrected chi connectivity index (χ4v) is 1.34. The van der Waals surface area contributed by atoms with Crippen molar-refractivity contribution in [3.63, 3.8) is 0 Å². The van der Waals surface area contributed by atoms with Crippen LogP contribution in [0.15, 0.2) is 18.2 Å². The van der Waals surface area contributed by atoms with E-state index >= 15 is 0 Å². The fourth-order valence-electron chi connectivity index (χ4n) is 1.06. The van der Waals surface area contributed by atoms with E-state index in [-0.39, 0.29) is 0 Å². The van der Waals surface area contributed by atoms with Crippen molar-refractivity contribution in [2.24, 2.45) is 0 Å². The molecule has 66 valence electrons. The Labute approximate surface area is 86.6 Å². The Hall–Kier alpha value is -0.450. The van der Waals surface area contributed by atoms with Crippen molar-refractivity contribution < 1.29 is 7.80 Å². The second kappa shape index (κ2) is 4.54. The van der Waals surface area contributed by atoms with Crippen LogP contribution in [0.4, 0.5) is 0 Å². The summed E-state index contributed by atoms with van der Waals surface area (Å²) >= 11 is 1.85. The molecule has 0 amide bonds. The summed E-state index contributed by atoms with van der Waals surface area (Å²) in [6.45, 7) is 2.10. The molecule has 1 aromatic rings. The molecule has 12 heavy (non-hydrogen) atoms. The van der Waals surface area contributed by atoms with Crippen LogP contribution < -0.4 is 7.80 Å². The zero-order chi connectivity index (χ0) is 8.97. The first-order chi connectivity index (χ1) is 5.81. The summed E-state index contributed by atoms with van der Waals surface area (Å²) in [5.41, 5.74) is 1.20. The van der Waals surface area contributed by atoms with Gasteiger partial charge >= 0.3 is 0 Å². The van der Waals surface area contributed by atoms with Crippen molar-refractivity contribution in [3.8, 4) is 11.5 Å². The summed E-state index contributed by atoms with van der Waals surface area (Å²) in [4.78, 5) is 0. The number of hydrogen-bond donors (Lipinski definition) is 0. The molecule has 0 aliphatic carbocycles. The van der Waals surface area contributed by atoms with Crippen LogP contribution in [0.25, 0.3) is 0 Å². The SMILES string of the molecule is CCc1ccc(OI)cc1OC. The minimum absolute atomic E-state index is 0.824. The molecule has 0 spiro atoms. The smallest absolute Gasteiger partial charge is 0.192 e. The van der Waals surface area contributed by atoms with Crippen molar-refractivity contribution in [3.05, 3.63) is 23.8 Å². The van der Waals surface area contributed by atoms with Crippen molar-refractivity contribution in [2.45, 2.75) is 13.3 Å². The lowest BCUT2D eigenvalue weighted by Crippen LogP contribution is -1.90. The first-order valence-corrected chi connectivity index (χ1v) is 4.65. The van der Waals surface area contributed by atoms with Gasteiger partial charge in [-0.25, -0.2) is 0 Å². The number of methoxy groups -OCH3 is 1. The maximum Gasteiger partial charge on any atom is 0.192 e. The summed E-state index contributed by atoms with van der Waals surface area (Å²) in [6, 6.07) is 5.85. The Morgan fingerprint density at radius 3 is 2.67 bits per heavy atom. The lowest BCUT2D eigenvalue weighted by atomic mass is 10.1. The summed E-state index contributed by atoms with van der Waals surface area (Å²) in [5, 5.41) is 0. The van der Waals surface area contributed by atoms with Gasteiger partial charge < -0.3 is 7.80 Å². The van der Waals surface area contributed by atoms with Gasteiger partial charge in [0.25, 0.3) is 0 Å². The lowest BCUT2D eigenvalue weighted by Gasteiger charge is -2.07. The minimum atomic E-state index is 0.824. The topological polar surface area (TPSA) is 18.5 Å². The molecule has 1 rings (SSSR count). The number of ether oxygens (including phenoxy) is 1. The first-order valence-electron chi connectivity index (χ1n) is 3.77. The summed E-state index contributed by atoms with van der Waals surface area (Å²) in [5.74, 6) is 1.72. The van der Waals surface area contributed by atoms with Gasteiger partial charge in [0.05, 0.1) is 7.11 Å². The lowest BCUT2D eigenvalue weighted by molar-refractivity contribution is 0.409. The van der Waals surface area contributed by atoms with E-state index in [1.54, 1.807) is 7.11 Å². The second-order valence-electron chi connectivity index (χ2n) is 2.40. The second-order valence-corrected chi connectivity index (χ2v) is 2.84. The quantitative estimate of drug-likeness (QED) is 0.791. The van der Waals surface area contributed by atoms with Gasteiger partial charge in [-0.3, -0.25) is 0 Å². The molecule has 0 bridgehead atoms. The van der Waals surface area contributed by atoms with Crippen molar-refractivity contribution >= 4 is 23.0 Å². The monoisotopic (exact) mass is 278 g/mol. The predicted molar refractivity (Wildman–Crippen MR) is 57.0 cm³/mol. The summed E-state index contributed by atoms with van der Waals surface area (Å²) in [6.07, 6.45) is 0.977. The normalized spacial score (nSPS) is 9.58.